The summed E-state index contributed by atoms with van der Waals surface area (Å²) in [7, 11) is 3.11. The van der Waals surface area contributed by atoms with Crippen molar-refractivity contribution in [3.63, 3.8) is 0 Å². The third kappa shape index (κ3) is 4.66. The molecule has 1 heterocycles. The molecule has 1 aliphatic heterocycles. The number of fused-ring (bicyclic) bond motifs is 1. The van der Waals surface area contributed by atoms with Gasteiger partial charge in [-0.05, 0) is 59.5 Å². The molecule has 0 N–H and O–H groups in total. The Labute approximate surface area is 198 Å². The van der Waals surface area contributed by atoms with Gasteiger partial charge < -0.3 is 18.9 Å². The number of ketones is 1. The van der Waals surface area contributed by atoms with Gasteiger partial charge in [-0.3, -0.25) is 4.79 Å². The summed E-state index contributed by atoms with van der Waals surface area (Å²) in [5, 5.41) is 0. The van der Waals surface area contributed by atoms with Crippen LogP contribution in [0.15, 0.2) is 66.4 Å². The van der Waals surface area contributed by atoms with Crippen LogP contribution in [0.2, 0.25) is 0 Å². The predicted octanol–water partition coefficient (Wildman–Crippen LogP) is 5.84. The number of benzene rings is 3. The molecule has 0 fully saturated rings. The van der Waals surface area contributed by atoms with Crippen molar-refractivity contribution in [2.45, 2.75) is 26.2 Å². The Hall–Kier alpha value is -4.06. The van der Waals surface area contributed by atoms with Crippen molar-refractivity contribution in [1.29, 1.82) is 0 Å². The molecule has 4 rings (SSSR count). The zero-order chi connectivity index (χ0) is 24.5. The van der Waals surface area contributed by atoms with Gasteiger partial charge in [0, 0.05) is 11.6 Å². The van der Waals surface area contributed by atoms with Crippen molar-refractivity contribution in [3.05, 3.63) is 88.7 Å². The van der Waals surface area contributed by atoms with Gasteiger partial charge in [0.15, 0.2) is 5.76 Å². The van der Waals surface area contributed by atoms with Gasteiger partial charge in [0.05, 0.1) is 25.3 Å². The van der Waals surface area contributed by atoms with E-state index >= 15 is 0 Å². The second-order valence-electron chi connectivity index (χ2n) is 8.92. The number of carbonyl (C=O) groups excluding carboxylic acids is 2. The number of hydrogen-bond donors (Lipinski definition) is 0. The summed E-state index contributed by atoms with van der Waals surface area (Å²) >= 11 is 0. The smallest absolute Gasteiger partial charge is 0.343 e. The lowest BCUT2D eigenvalue weighted by molar-refractivity contribution is 0.0734. The minimum Gasteiger partial charge on any atom is -0.497 e. The summed E-state index contributed by atoms with van der Waals surface area (Å²) in [5.74, 6) is 1.20. The maximum Gasteiger partial charge on any atom is 0.343 e. The number of hydrogen-bond acceptors (Lipinski definition) is 6. The van der Waals surface area contributed by atoms with Crippen LogP contribution in [0.4, 0.5) is 0 Å². The molecule has 0 spiro atoms. The van der Waals surface area contributed by atoms with E-state index in [2.05, 4.69) is 20.8 Å². The van der Waals surface area contributed by atoms with Crippen LogP contribution in [0.1, 0.15) is 52.6 Å². The zero-order valence-electron chi connectivity index (χ0n) is 19.8. The summed E-state index contributed by atoms with van der Waals surface area (Å²) in [4.78, 5) is 25.5. The second-order valence-corrected chi connectivity index (χ2v) is 8.92. The molecular weight excluding hydrogens is 432 g/mol. The summed E-state index contributed by atoms with van der Waals surface area (Å²) in [6, 6.07) is 17.3. The largest absolute Gasteiger partial charge is 0.497 e. The van der Waals surface area contributed by atoms with E-state index in [1.54, 1.807) is 62.8 Å². The van der Waals surface area contributed by atoms with Crippen molar-refractivity contribution in [2.75, 3.05) is 14.2 Å². The lowest BCUT2D eigenvalue weighted by Crippen LogP contribution is -2.12. The number of carbonyl (C=O) groups is 2. The highest BCUT2D eigenvalue weighted by molar-refractivity contribution is 6.14. The van der Waals surface area contributed by atoms with Crippen LogP contribution >= 0.6 is 0 Å². The Kier molecular flexibility index (Phi) is 6.16. The van der Waals surface area contributed by atoms with E-state index < -0.39 is 5.97 Å². The quantitative estimate of drug-likeness (QED) is 0.272. The summed E-state index contributed by atoms with van der Waals surface area (Å²) in [6.45, 7) is 6.33. The van der Waals surface area contributed by atoms with E-state index in [0.717, 1.165) is 5.56 Å². The van der Waals surface area contributed by atoms with Crippen LogP contribution in [0.5, 0.6) is 23.0 Å². The maximum atomic E-state index is 12.8. The van der Waals surface area contributed by atoms with Gasteiger partial charge in [-0.2, -0.15) is 0 Å². The molecule has 0 amide bonds. The molecule has 34 heavy (non-hydrogen) atoms. The summed E-state index contributed by atoms with van der Waals surface area (Å²) < 4.78 is 22.0. The molecule has 6 heteroatoms. The third-order valence-electron chi connectivity index (χ3n) is 5.56. The van der Waals surface area contributed by atoms with Crippen molar-refractivity contribution < 1.29 is 28.5 Å². The molecule has 1 aliphatic rings. The minimum absolute atomic E-state index is 0.00752. The lowest BCUT2D eigenvalue weighted by Gasteiger charge is -2.18. The van der Waals surface area contributed by atoms with Gasteiger partial charge in [-0.1, -0.05) is 32.9 Å². The van der Waals surface area contributed by atoms with Crippen LogP contribution in [0, 0.1) is 0 Å². The van der Waals surface area contributed by atoms with Crippen LogP contribution < -0.4 is 18.9 Å². The number of methoxy groups -OCH3 is 2. The summed E-state index contributed by atoms with van der Waals surface area (Å²) in [5.41, 5.74) is 2.59. The van der Waals surface area contributed by atoms with E-state index in [0.29, 0.717) is 33.9 Å². The highest BCUT2D eigenvalue weighted by atomic mass is 16.5. The highest BCUT2D eigenvalue weighted by Gasteiger charge is 2.28. The molecule has 0 saturated heterocycles. The second kappa shape index (κ2) is 9.06. The SMILES string of the molecule is COc1ccc(OC)c(C=C2Oc3cc(OC(=O)c4ccc(C(C)(C)C)cc4)ccc3C2=O)c1. The average Bonchev–Trinajstić information content (AvgIpc) is 3.12. The fraction of sp³-hybridized carbons (Fsp3) is 0.214. The topological polar surface area (TPSA) is 71.1 Å². The first-order valence-corrected chi connectivity index (χ1v) is 10.8. The average molecular weight is 459 g/mol. The first-order valence-electron chi connectivity index (χ1n) is 10.8. The van der Waals surface area contributed by atoms with Crippen molar-refractivity contribution in [3.8, 4) is 23.0 Å². The van der Waals surface area contributed by atoms with E-state index in [1.807, 2.05) is 12.1 Å². The Balaban J connectivity index is 1.54. The molecule has 0 saturated carbocycles. The number of rotatable bonds is 5. The number of Topliss-reactive ketones (excluding diaryl/α,β-unsaturated/α-hetero) is 1. The van der Waals surface area contributed by atoms with Gasteiger partial charge in [-0.15, -0.1) is 0 Å². The number of allylic oxidation sites excluding steroid dienone is 1. The Morgan fingerprint density at radius 2 is 1.59 bits per heavy atom. The molecule has 0 radical (unpaired) electrons. The Bertz CT molecular complexity index is 1280. The molecule has 0 unspecified atom stereocenters. The van der Waals surface area contributed by atoms with Crippen molar-refractivity contribution in [2.24, 2.45) is 0 Å². The highest BCUT2D eigenvalue weighted by Crippen LogP contribution is 2.36. The normalized spacial score (nSPS) is 13.9. The molecule has 0 atom stereocenters. The third-order valence-corrected chi connectivity index (χ3v) is 5.56. The molecule has 3 aromatic carbocycles. The molecule has 0 aromatic heterocycles. The predicted molar refractivity (Wildman–Crippen MR) is 129 cm³/mol. The molecule has 3 aromatic rings. The van der Waals surface area contributed by atoms with Crippen LogP contribution in [-0.4, -0.2) is 26.0 Å². The fourth-order valence-electron chi connectivity index (χ4n) is 3.60. The van der Waals surface area contributed by atoms with Gasteiger partial charge in [0.1, 0.15) is 23.0 Å². The first-order chi connectivity index (χ1) is 16.2. The fourth-order valence-corrected chi connectivity index (χ4v) is 3.60. The molecule has 0 bridgehead atoms. The van der Waals surface area contributed by atoms with Crippen molar-refractivity contribution >= 4 is 17.8 Å². The molecule has 174 valence electrons. The monoisotopic (exact) mass is 458 g/mol. The molecular formula is C28H26O6. The van der Waals surface area contributed by atoms with E-state index in [1.165, 1.54) is 6.07 Å². The lowest BCUT2D eigenvalue weighted by atomic mass is 9.87. The zero-order valence-corrected chi connectivity index (χ0v) is 19.8. The first kappa shape index (κ1) is 23.1. The minimum atomic E-state index is -0.485. The van der Waals surface area contributed by atoms with Gasteiger partial charge in [-0.25, -0.2) is 4.79 Å². The van der Waals surface area contributed by atoms with Gasteiger partial charge >= 0.3 is 5.97 Å². The van der Waals surface area contributed by atoms with Gasteiger partial charge in [0.25, 0.3) is 0 Å². The maximum absolute atomic E-state index is 12.8. The summed E-state index contributed by atoms with van der Waals surface area (Å²) in [6.07, 6.45) is 1.60. The molecule has 0 aliphatic carbocycles. The van der Waals surface area contributed by atoms with Crippen LogP contribution in [-0.2, 0) is 5.41 Å². The van der Waals surface area contributed by atoms with E-state index in [9.17, 15) is 9.59 Å². The molecule has 6 nitrogen and oxygen atoms in total. The van der Waals surface area contributed by atoms with E-state index in [-0.39, 0.29) is 22.7 Å². The van der Waals surface area contributed by atoms with E-state index in [4.69, 9.17) is 18.9 Å². The Morgan fingerprint density at radius 3 is 2.24 bits per heavy atom. The standard InChI is InChI=1S/C28H26O6/c1-28(2,3)19-8-6-17(7-9-19)27(30)33-21-10-12-22-24(16-21)34-25(26(22)29)15-18-14-20(31-4)11-13-23(18)32-5/h6-16H,1-5H3. The Morgan fingerprint density at radius 1 is 0.882 bits per heavy atom. The van der Waals surface area contributed by atoms with Crippen LogP contribution in [0.25, 0.3) is 6.08 Å². The van der Waals surface area contributed by atoms with Gasteiger partial charge in [0.2, 0.25) is 5.78 Å². The number of esters is 1. The number of ether oxygens (including phenoxy) is 4. The van der Waals surface area contributed by atoms with Crippen molar-refractivity contribution in [1.82, 2.24) is 0 Å². The van der Waals surface area contributed by atoms with Crippen LogP contribution in [0.3, 0.4) is 0 Å².